The third-order valence-electron chi connectivity index (χ3n) is 4.68. The summed E-state index contributed by atoms with van der Waals surface area (Å²) < 4.78 is 5.12. The molecule has 1 N–H and O–H groups in total. The molecule has 0 saturated heterocycles. The molecule has 1 aliphatic carbocycles. The molecule has 0 aliphatic heterocycles. The highest BCUT2D eigenvalue weighted by molar-refractivity contribution is 5.90. The summed E-state index contributed by atoms with van der Waals surface area (Å²) in [5, 5.41) is 11.3. The van der Waals surface area contributed by atoms with Crippen LogP contribution in [0.15, 0.2) is 30.3 Å². The normalized spacial score (nSPS) is 19.8. The van der Waals surface area contributed by atoms with E-state index in [0.29, 0.717) is 5.69 Å². The van der Waals surface area contributed by atoms with Crippen LogP contribution in [0.2, 0.25) is 0 Å². The Labute approximate surface area is 152 Å². The summed E-state index contributed by atoms with van der Waals surface area (Å²) in [6, 6.07) is 9.48. The van der Waals surface area contributed by atoms with Crippen molar-refractivity contribution in [2.75, 3.05) is 6.61 Å². The van der Waals surface area contributed by atoms with Crippen molar-refractivity contribution in [2.24, 2.45) is 5.92 Å². The summed E-state index contributed by atoms with van der Waals surface area (Å²) in [4.78, 5) is 25.6. The lowest BCUT2D eigenvalue weighted by molar-refractivity contribution is -0.125. The Morgan fingerprint density at radius 1 is 1.15 bits per heavy atom. The van der Waals surface area contributed by atoms with Gasteiger partial charge in [0.05, 0.1) is 11.4 Å². The molecule has 1 aromatic heterocycles. The number of carbonyl (C=O) groups is 2. The van der Waals surface area contributed by atoms with Gasteiger partial charge in [-0.3, -0.25) is 4.79 Å². The van der Waals surface area contributed by atoms with E-state index in [4.69, 9.17) is 4.74 Å². The Kier molecular flexibility index (Phi) is 5.65. The third kappa shape index (κ3) is 4.47. The Balaban J connectivity index is 1.53. The first-order valence-corrected chi connectivity index (χ1v) is 8.99. The average Bonchev–Trinajstić information content (AvgIpc) is 3.04. The molecule has 26 heavy (non-hydrogen) atoms. The standard InChI is InChI=1S/C19H24N4O3/c1-13-8-10-15(11-9-13)20-17(24)12-26-19(25)18-14(2)21-23(22-18)16-6-4-3-5-7-16/h3-7,13,15H,8-12H2,1-2H3,(H,20,24). The van der Waals surface area contributed by atoms with E-state index in [1.54, 1.807) is 6.92 Å². The van der Waals surface area contributed by atoms with E-state index in [0.717, 1.165) is 37.3 Å². The van der Waals surface area contributed by atoms with Gasteiger partial charge in [0.1, 0.15) is 0 Å². The minimum absolute atomic E-state index is 0.119. The number of amides is 1. The number of carbonyl (C=O) groups excluding carboxylic acids is 2. The molecule has 0 radical (unpaired) electrons. The van der Waals surface area contributed by atoms with Crippen molar-refractivity contribution >= 4 is 11.9 Å². The van der Waals surface area contributed by atoms with Crippen molar-refractivity contribution < 1.29 is 14.3 Å². The summed E-state index contributed by atoms with van der Waals surface area (Å²) >= 11 is 0. The van der Waals surface area contributed by atoms with Crippen LogP contribution >= 0.6 is 0 Å². The van der Waals surface area contributed by atoms with Crippen LogP contribution in [0, 0.1) is 12.8 Å². The molecule has 3 rings (SSSR count). The number of nitrogens with one attached hydrogen (secondary N) is 1. The fourth-order valence-corrected chi connectivity index (χ4v) is 3.12. The molecule has 0 atom stereocenters. The van der Waals surface area contributed by atoms with Gasteiger partial charge < -0.3 is 10.1 Å². The van der Waals surface area contributed by atoms with E-state index in [-0.39, 0.29) is 24.2 Å². The average molecular weight is 356 g/mol. The second-order valence-electron chi connectivity index (χ2n) is 6.86. The molecule has 1 fully saturated rings. The number of benzene rings is 1. The molecule has 1 aromatic carbocycles. The minimum atomic E-state index is -0.642. The second-order valence-corrected chi connectivity index (χ2v) is 6.86. The lowest BCUT2D eigenvalue weighted by atomic mass is 9.87. The van der Waals surface area contributed by atoms with E-state index in [2.05, 4.69) is 22.4 Å². The van der Waals surface area contributed by atoms with Crippen LogP contribution in [-0.2, 0) is 9.53 Å². The zero-order chi connectivity index (χ0) is 18.5. The quantitative estimate of drug-likeness (QED) is 0.832. The molecular formula is C19H24N4O3. The molecular weight excluding hydrogens is 332 g/mol. The Hall–Kier alpha value is -2.70. The van der Waals surface area contributed by atoms with Crippen LogP contribution in [0.1, 0.15) is 48.8 Å². The Morgan fingerprint density at radius 2 is 1.85 bits per heavy atom. The molecule has 0 spiro atoms. The molecule has 2 aromatic rings. The SMILES string of the molecule is Cc1nn(-c2ccccc2)nc1C(=O)OCC(=O)NC1CCC(C)CC1. The van der Waals surface area contributed by atoms with E-state index in [1.807, 2.05) is 30.3 Å². The fraction of sp³-hybridized carbons (Fsp3) is 0.474. The summed E-state index contributed by atoms with van der Waals surface area (Å²) in [7, 11) is 0. The molecule has 138 valence electrons. The van der Waals surface area contributed by atoms with E-state index in [1.165, 1.54) is 4.80 Å². The van der Waals surface area contributed by atoms with Gasteiger partial charge in [0.25, 0.3) is 5.91 Å². The zero-order valence-corrected chi connectivity index (χ0v) is 15.1. The first-order valence-electron chi connectivity index (χ1n) is 8.99. The van der Waals surface area contributed by atoms with E-state index >= 15 is 0 Å². The third-order valence-corrected chi connectivity index (χ3v) is 4.68. The number of aryl methyl sites for hydroxylation is 1. The zero-order valence-electron chi connectivity index (χ0n) is 15.1. The Morgan fingerprint density at radius 3 is 2.54 bits per heavy atom. The number of nitrogens with zero attached hydrogens (tertiary/aromatic N) is 3. The van der Waals surface area contributed by atoms with Crippen molar-refractivity contribution in [2.45, 2.75) is 45.6 Å². The number of rotatable bonds is 5. The fourth-order valence-electron chi connectivity index (χ4n) is 3.12. The monoisotopic (exact) mass is 356 g/mol. The smallest absolute Gasteiger partial charge is 0.361 e. The molecule has 7 nitrogen and oxygen atoms in total. The van der Waals surface area contributed by atoms with Crippen molar-refractivity contribution in [3.8, 4) is 5.69 Å². The minimum Gasteiger partial charge on any atom is -0.451 e. The number of ether oxygens (including phenoxy) is 1. The second kappa shape index (κ2) is 8.12. The highest BCUT2D eigenvalue weighted by Gasteiger charge is 2.22. The predicted molar refractivity (Wildman–Crippen MR) is 95.9 cm³/mol. The number of para-hydroxylation sites is 1. The number of aromatic nitrogens is 3. The van der Waals surface area contributed by atoms with Crippen LogP contribution in [0.5, 0.6) is 0 Å². The topological polar surface area (TPSA) is 86.1 Å². The van der Waals surface area contributed by atoms with Crippen LogP contribution in [-0.4, -0.2) is 39.5 Å². The van der Waals surface area contributed by atoms with Crippen molar-refractivity contribution in [1.29, 1.82) is 0 Å². The van der Waals surface area contributed by atoms with Crippen LogP contribution in [0.25, 0.3) is 5.69 Å². The van der Waals surface area contributed by atoms with Crippen LogP contribution in [0.4, 0.5) is 0 Å². The molecule has 0 unspecified atom stereocenters. The van der Waals surface area contributed by atoms with Gasteiger partial charge in [-0.1, -0.05) is 25.1 Å². The van der Waals surface area contributed by atoms with Gasteiger partial charge in [-0.05, 0) is 50.7 Å². The highest BCUT2D eigenvalue weighted by Crippen LogP contribution is 2.23. The lowest BCUT2D eigenvalue weighted by Crippen LogP contribution is -2.39. The summed E-state index contributed by atoms with van der Waals surface area (Å²) in [5.74, 6) is -0.195. The molecule has 1 aliphatic rings. The number of esters is 1. The summed E-state index contributed by atoms with van der Waals surface area (Å²) in [6.45, 7) is 3.61. The van der Waals surface area contributed by atoms with Crippen molar-refractivity contribution in [1.82, 2.24) is 20.3 Å². The number of hydrogen-bond donors (Lipinski definition) is 1. The van der Waals surface area contributed by atoms with Crippen molar-refractivity contribution in [3.05, 3.63) is 41.7 Å². The number of hydrogen-bond acceptors (Lipinski definition) is 5. The maximum atomic E-state index is 12.2. The predicted octanol–water partition coefficient (Wildman–Crippen LogP) is 2.43. The van der Waals surface area contributed by atoms with Gasteiger partial charge in [0.2, 0.25) is 0 Å². The molecule has 7 heteroatoms. The first-order chi connectivity index (χ1) is 12.5. The van der Waals surface area contributed by atoms with Gasteiger partial charge in [-0.2, -0.15) is 9.90 Å². The van der Waals surface area contributed by atoms with Crippen molar-refractivity contribution in [3.63, 3.8) is 0 Å². The van der Waals surface area contributed by atoms with Crippen LogP contribution in [0.3, 0.4) is 0 Å². The van der Waals surface area contributed by atoms with Gasteiger partial charge in [0.15, 0.2) is 12.3 Å². The maximum Gasteiger partial charge on any atom is 0.361 e. The Bertz CT molecular complexity index is 764. The molecule has 1 saturated carbocycles. The van der Waals surface area contributed by atoms with Gasteiger partial charge in [-0.25, -0.2) is 4.79 Å². The highest BCUT2D eigenvalue weighted by atomic mass is 16.5. The van der Waals surface area contributed by atoms with Crippen LogP contribution < -0.4 is 5.32 Å². The molecule has 0 bridgehead atoms. The molecule has 1 heterocycles. The lowest BCUT2D eigenvalue weighted by Gasteiger charge is -2.26. The van der Waals surface area contributed by atoms with Gasteiger partial charge in [-0.15, -0.1) is 5.10 Å². The first kappa shape index (κ1) is 18.1. The van der Waals surface area contributed by atoms with Gasteiger partial charge in [0, 0.05) is 6.04 Å². The maximum absolute atomic E-state index is 12.2. The summed E-state index contributed by atoms with van der Waals surface area (Å²) in [5.41, 5.74) is 1.33. The van der Waals surface area contributed by atoms with E-state index < -0.39 is 5.97 Å². The van der Waals surface area contributed by atoms with Gasteiger partial charge >= 0.3 is 5.97 Å². The van der Waals surface area contributed by atoms with E-state index in [9.17, 15) is 9.59 Å². The largest absolute Gasteiger partial charge is 0.451 e. The molecule has 1 amide bonds. The summed E-state index contributed by atoms with van der Waals surface area (Å²) in [6.07, 6.45) is 4.19.